The Labute approximate surface area is 137 Å². The second-order valence-electron chi connectivity index (χ2n) is 7.52. The predicted molar refractivity (Wildman–Crippen MR) is 88.1 cm³/mol. The minimum atomic E-state index is 0.0948. The van der Waals surface area contributed by atoms with Crippen LogP contribution in [0.2, 0.25) is 0 Å². The van der Waals surface area contributed by atoms with Crippen molar-refractivity contribution in [2.24, 2.45) is 11.8 Å². The number of nitrogens with zero attached hydrogens (tertiary/aromatic N) is 2. The lowest BCUT2D eigenvalue weighted by Crippen LogP contribution is -2.46. The molecule has 1 aromatic rings. The molecule has 3 aliphatic carbocycles. The van der Waals surface area contributed by atoms with Gasteiger partial charge in [0, 0.05) is 12.1 Å². The highest BCUT2D eigenvalue weighted by Crippen LogP contribution is 2.47. The van der Waals surface area contributed by atoms with Crippen molar-refractivity contribution in [2.75, 3.05) is 11.5 Å². The number of aromatic amines is 1. The van der Waals surface area contributed by atoms with Gasteiger partial charge in [-0.3, -0.25) is 14.8 Å². The summed E-state index contributed by atoms with van der Waals surface area (Å²) in [6.45, 7) is 0.206. The van der Waals surface area contributed by atoms with Crippen LogP contribution in [0.25, 0.3) is 0 Å². The van der Waals surface area contributed by atoms with E-state index in [1.807, 2.05) is 11.0 Å². The molecule has 5 nitrogen and oxygen atoms in total. The minimum absolute atomic E-state index is 0.0948. The van der Waals surface area contributed by atoms with Crippen molar-refractivity contribution in [3.8, 4) is 0 Å². The number of carbonyl (C=O) groups excluding carboxylic acids is 1. The molecule has 3 fully saturated rings. The number of nitrogens with one attached hydrogen (secondary N) is 1. The summed E-state index contributed by atoms with van der Waals surface area (Å²) in [4.78, 5) is 14.9. The highest BCUT2D eigenvalue weighted by Gasteiger charge is 2.44. The Kier molecular flexibility index (Phi) is 4.38. The zero-order valence-electron chi connectivity index (χ0n) is 13.7. The van der Waals surface area contributed by atoms with Gasteiger partial charge in [0.25, 0.3) is 5.91 Å². The van der Waals surface area contributed by atoms with Crippen LogP contribution in [-0.2, 0) is 9.53 Å². The SMILES string of the molecule is O=C(COC1CCCCC1)N(c1ccn[nH]1)C1CC2CCC1C2. The van der Waals surface area contributed by atoms with E-state index >= 15 is 0 Å². The zero-order valence-corrected chi connectivity index (χ0v) is 13.7. The summed E-state index contributed by atoms with van der Waals surface area (Å²) in [5.41, 5.74) is 0. The molecule has 2 bridgehead atoms. The van der Waals surface area contributed by atoms with Gasteiger partial charge in [-0.15, -0.1) is 0 Å². The summed E-state index contributed by atoms with van der Waals surface area (Å²) in [5.74, 6) is 2.39. The number of hydrogen-bond donors (Lipinski definition) is 1. The molecule has 0 radical (unpaired) electrons. The Bertz CT molecular complexity index is 524. The summed E-state index contributed by atoms with van der Waals surface area (Å²) in [6.07, 6.45) is 13.0. The molecular weight excluding hydrogens is 290 g/mol. The van der Waals surface area contributed by atoms with Crippen LogP contribution < -0.4 is 4.90 Å². The molecule has 3 aliphatic rings. The van der Waals surface area contributed by atoms with Gasteiger partial charge in [-0.2, -0.15) is 5.10 Å². The molecule has 0 spiro atoms. The number of aromatic nitrogens is 2. The van der Waals surface area contributed by atoms with Gasteiger partial charge in [-0.1, -0.05) is 25.7 Å². The molecular formula is C18H27N3O2. The molecule has 1 N–H and O–H groups in total. The van der Waals surface area contributed by atoms with Gasteiger partial charge < -0.3 is 4.74 Å². The molecule has 0 aliphatic heterocycles. The maximum atomic E-state index is 12.9. The van der Waals surface area contributed by atoms with Crippen molar-refractivity contribution in [1.29, 1.82) is 0 Å². The second kappa shape index (κ2) is 6.63. The van der Waals surface area contributed by atoms with Crippen LogP contribution in [0, 0.1) is 11.8 Å². The first-order valence-electron chi connectivity index (χ1n) is 9.24. The van der Waals surface area contributed by atoms with E-state index < -0.39 is 0 Å². The smallest absolute Gasteiger partial charge is 0.254 e. The molecule has 0 saturated heterocycles. The van der Waals surface area contributed by atoms with Crippen molar-refractivity contribution in [3.63, 3.8) is 0 Å². The monoisotopic (exact) mass is 317 g/mol. The average Bonchev–Trinajstić information content (AvgIpc) is 3.32. The van der Waals surface area contributed by atoms with E-state index in [2.05, 4.69) is 10.2 Å². The third-order valence-corrected chi connectivity index (χ3v) is 6.04. The molecule has 5 heteroatoms. The number of ether oxygens (including phenoxy) is 1. The van der Waals surface area contributed by atoms with Crippen LogP contribution in [0.3, 0.4) is 0 Å². The summed E-state index contributed by atoms with van der Waals surface area (Å²) in [5, 5.41) is 7.04. The van der Waals surface area contributed by atoms with Gasteiger partial charge in [0.05, 0.1) is 12.3 Å². The first-order valence-corrected chi connectivity index (χ1v) is 9.24. The summed E-state index contributed by atoms with van der Waals surface area (Å²) in [7, 11) is 0. The molecule has 3 saturated carbocycles. The fourth-order valence-corrected chi connectivity index (χ4v) is 4.90. The van der Waals surface area contributed by atoms with Crippen LogP contribution in [0.4, 0.5) is 5.82 Å². The topological polar surface area (TPSA) is 58.2 Å². The number of H-pyrrole nitrogens is 1. The summed E-state index contributed by atoms with van der Waals surface area (Å²) in [6, 6.07) is 2.24. The van der Waals surface area contributed by atoms with E-state index in [1.165, 1.54) is 38.5 Å². The Morgan fingerprint density at radius 2 is 2.09 bits per heavy atom. The van der Waals surface area contributed by atoms with Crippen molar-refractivity contribution in [1.82, 2.24) is 10.2 Å². The van der Waals surface area contributed by atoms with Crippen LogP contribution in [0.15, 0.2) is 12.3 Å². The number of anilines is 1. The highest BCUT2D eigenvalue weighted by atomic mass is 16.5. The van der Waals surface area contributed by atoms with E-state index in [-0.39, 0.29) is 18.6 Å². The first-order chi connectivity index (χ1) is 11.3. The maximum Gasteiger partial charge on any atom is 0.254 e. The van der Waals surface area contributed by atoms with E-state index in [0.29, 0.717) is 12.0 Å². The molecule has 1 amide bonds. The molecule has 1 heterocycles. The van der Waals surface area contributed by atoms with Gasteiger partial charge in [-0.05, 0) is 43.9 Å². The van der Waals surface area contributed by atoms with Gasteiger partial charge in [0.1, 0.15) is 12.4 Å². The second-order valence-corrected chi connectivity index (χ2v) is 7.52. The number of carbonyl (C=O) groups is 1. The molecule has 4 rings (SSSR count). The molecule has 23 heavy (non-hydrogen) atoms. The molecule has 1 aromatic heterocycles. The largest absolute Gasteiger partial charge is 0.368 e. The molecule has 3 unspecified atom stereocenters. The van der Waals surface area contributed by atoms with E-state index in [1.54, 1.807) is 6.20 Å². The highest BCUT2D eigenvalue weighted by molar-refractivity contribution is 5.94. The van der Waals surface area contributed by atoms with Crippen molar-refractivity contribution < 1.29 is 9.53 Å². The Balaban J connectivity index is 1.43. The fraction of sp³-hybridized carbons (Fsp3) is 0.778. The molecule has 126 valence electrons. The lowest BCUT2D eigenvalue weighted by Gasteiger charge is -2.34. The summed E-state index contributed by atoms with van der Waals surface area (Å²) >= 11 is 0. The normalized spacial score (nSPS) is 30.7. The predicted octanol–water partition coefficient (Wildman–Crippen LogP) is 3.28. The number of hydrogen-bond acceptors (Lipinski definition) is 3. The van der Waals surface area contributed by atoms with Gasteiger partial charge in [-0.25, -0.2) is 0 Å². The zero-order chi connectivity index (χ0) is 15.6. The van der Waals surface area contributed by atoms with E-state index in [4.69, 9.17) is 4.74 Å². The quantitative estimate of drug-likeness (QED) is 0.906. The third kappa shape index (κ3) is 3.16. The minimum Gasteiger partial charge on any atom is -0.368 e. The van der Waals surface area contributed by atoms with Crippen molar-refractivity contribution in [2.45, 2.75) is 69.9 Å². The number of amides is 1. The van der Waals surface area contributed by atoms with Crippen LogP contribution in [-0.4, -0.2) is 34.9 Å². The van der Waals surface area contributed by atoms with Gasteiger partial charge >= 0.3 is 0 Å². The fourth-order valence-electron chi connectivity index (χ4n) is 4.90. The van der Waals surface area contributed by atoms with Crippen LogP contribution in [0.1, 0.15) is 57.8 Å². The third-order valence-electron chi connectivity index (χ3n) is 6.04. The number of fused-ring (bicyclic) bond motifs is 2. The Hall–Kier alpha value is -1.36. The Morgan fingerprint density at radius 1 is 1.22 bits per heavy atom. The van der Waals surface area contributed by atoms with Crippen LogP contribution >= 0.6 is 0 Å². The first kappa shape index (κ1) is 15.2. The summed E-state index contributed by atoms with van der Waals surface area (Å²) < 4.78 is 5.94. The van der Waals surface area contributed by atoms with Gasteiger partial charge in [0.2, 0.25) is 0 Å². The van der Waals surface area contributed by atoms with Crippen LogP contribution in [0.5, 0.6) is 0 Å². The average molecular weight is 317 g/mol. The van der Waals surface area contributed by atoms with Crippen molar-refractivity contribution >= 4 is 11.7 Å². The maximum absolute atomic E-state index is 12.9. The lowest BCUT2D eigenvalue weighted by atomic mass is 9.94. The standard InChI is InChI=1S/C18H27N3O2/c22-18(12-23-15-4-2-1-3-5-15)21(17-8-9-19-20-17)16-11-13-6-7-14(16)10-13/h8-9,13-16H,1-7,10-12H2,(H,19,20). The van der Waals surface area contributed by atoms with E-state index in [9.17, 15) is 4.79 Å². The Morgan fingerprint density at radius 3 is 2.74 bits per heavy atom. The lowest BCUT2D eigenvalue weighted by molar-refractivity contribution is -0.126. The van der Waals surface area contributed by atoms with Gasteiger partial charge in [0.15, 0.2) is 0 Å². The molecule has 0 aromatic carbocycles. The number of rotatable bonds is 5. The molecule has 3 atom stereocenters. The van der Waals surface area contributed by atoms with E-state index in [0.717, 1.165) is 31.0 Å². The van der Waals surface area contributed by atoms with Crippen molar-refractivity contribution in [3.05, 3.63) is 12.3 Å².